The van der Waals surface area contributed by atoms with Gasteiger partial charge >= 0.3 is 5.82 Å². The summed E-state index contributed by atoms with van der Waals surface area (Å²) in [6, 6.07) is 12.3. The van der Waals surface area contributed by atoms with Gasteiger partial charge in [-0.1, -0.05) is 29.1 Å². The number of benzene rings is 2. The van der Waals surface area contributed by atoms with Crippen LogP contribution < -0.4 is 10.2 Å². The number of para-hydroxylation sites is 1. The molecule has 9 nitrogen and oxygen atoms in total. The number of ether oxygens (including phenoxy) is 1. The molecule has 134 valence electrons. The van der Waals surface area contributed by atoms with Crippen molar-refractivity contribution in [1.82, 2.24) is 14.7 Å². The Morgan fingerprint density at radius 1 is 1.23 bits per heavy atom. The van der Waals surface area contributed by atoms with Crippen molar-refractivity contribution in [3.05, 3.63) is 69.2 Å². The third-order valence-corrected chi connectivity index (χ3v) is 3.82. The summed E-state index contributed by atoms with van der Waals surface area (Å²) < 4.78 is 5.24. The summed E-state index contributed by atoms with van der Waals surface area (Å²) in [5.74, 6) is -0.146. The summed E-state index contributed by atoms with van der Waals surface area (Å²) in [7, 11) is 1.47. The molecule has 0 saturated heterocycles. The lowest BCUT2D eigenvalue weighted by atomic mass is 10.2. The fourth-order valence-corrected chi connectivity index (χ4v) is 2.51. The first-order valence-electron chi connectivity index (χ1n) is 7.73. The molecule has 1 heterocycles. The van der Waals surface area contributed by atoms with Crippen LogP contribution in [0.1, 0.15) is 11.1 Å². The Bertz CT molecular complexity index is 1050. The Labute approximate surface area is 148 Å². The highest BCUT2D eigenvalue weighted by Gasteiger charge is 2.25. The summed E-state index contributed by atoms with van der Waals surface area (Å²) in [5.41, 5.74) is 2.22. The largest absolute Gasteiger partial charge is 0.494 e. The molecule has 0 spiro atoms. The van der Waals surface area contributed by atoms with Crippen molar-refractivity contribution in [2.75, 3.05) is 7.11 Å². The van der Waals surface area contributed by atoms with E-state index >= 15 is 0 Å². The maximum atomic E-state index is 11.4. The zero-order valence-corrected chi connectivity index (χ0v) is 14.4. The summed E-state index contributed by atoms with van der Waals surface area (Å²) in [6.45, 7) is 3.67. The number of aryl methyl sites for hydroxylation is 2. The third kappa shape index (κ3) is 3.02. The van der Waals surface area contributed by atoms with Gasteiger partial charge in [-0.3, -0.25) is 0 Å². The Hall–Kier alpha value is -3.62. The Morgan fingerprint density at radius 2 is 1.96 bits per heavy atom. The van der Waals surface area contributed by atoms with E-state index in [4.69, 9.17) is 4.74 Å². The quantitative estimate of drug-likeness (QED) is 0.440. The number of methoxy groups -OCH3 is 1. The molecule has 1 aromatic heterocycles. The molecule has 3 aromatic rings. The van der Waals surface area contributed by atoms with Gasteiger partial charge in [-0.2, -0.15) is 0 Å². The highest BCUT2D eigenvalue weighted by Crippen LogP contribution is 2.28. The molecule has 0 amide bonds. The van der Waals surface area contributed by atoms with E-state index in [0.29, 0.717) is 22.0 Å². The van der Waals surface area contributed by atoms with E-state index in [9.17, 15) is 15.3 Å². The maximum Gasteiger partial charge on any atom is 0.438 e. The Balaban J connectivity index is 2.30. The summed E-state index contributed by atoms with van der Waals surface area (Å²) in [4.78, 5) is 16.6. The molecule has 0 atom stereocenters. The second-order valence-corrected chi connectivity index (χ2v) is 5.66. The molecule has 3 rings (SSSR count). The van der Waals surface area contributed by atoms with Crippen LogP contribution in [0.3, 0.4) is 0 Å². The maximum absolute atomic E-state index is 11.4. The van der Waals surface area contributed by atoms with Crippen molar-refractivity contribution in [2.45, 2.75) is 13.8 Å². The number of hydrogen-bond acceptors (Lipinski definition) is 6. The first kappa shape index (κ1) is 17.2. The molecule has 0 bridgehead atoms. The van der Waals surface area contributed by atoms with Gasteiger partial charge in [0, 0.05) is 0 Å². The van der Waals surface area contributed by atoms with Crippen molar-refractivity contribution >= 4 is 11.5 Å². The monoisotopic (exact) mass is 355 g/mol. The second-order valence-electron chi connectivity index (χ2n) is 5.66. The highest BCUT2D eigenvalue weighted by atomic mass is 16.6. The molecule has 0 saturated carbocycles. The smallest absolute Gasteiger partial charge is 0.438 e. The Kier molecular flexibility index (Phi) is 4.44. The van der Waals surface area contributed by atoms with Crippen LogP contribution in [-0.4, -0.2) is 32.0 Å². The predicted molar refractivity (Wildman–Crippen MR) is 93.1 cm³/mol. The number of nitro groups is 1. The lowest BCUT2D eigenvalue weighted by Gasteiger charge is -2.05. The first-order chi connectivity index (χ1) is 12.4. The molecule has 0 fully saturated rings. The zero-order chi connectivity index (χ0) is 18.8. The average molecular weight is 355 g/mol. The summed E-state index contributed by atoms with van der Waals surface area (Å²) in [6.07, 6.45) is 0. The topological polar surface area (TPSA) is 108 Å². The lowest BCUT2D eigenvalue weighted by Crippen LogP contribution is -2.22. The van der Waals surface area contributed by atoms with Crippen molar-refractivity contribution in [3.8, 4) is 11.4 Å². The van der Waals surface area contributed by atoms with Crippen LogP contribution in [0.25, 0.3) is 5.69 Å². The van der Waals surface area contributed by atoms with Gasteiger partial charge in [0.05, 0.1) is 12.2 Å². The van der Waals surface area contributed by atoms with E-state index in [1.165, 1.54) is 7.11 Å². The van der Waals surface area contributed by atoms with Crippen molar-refractivity contribution < 1.29 is 14.9 Å². The lowest BCUT2D eigenvalue weighted by molar-refractivity contribution is -0.391. The molecule has 0 aliphatic carbocycles. The minimum absolute atomic E-state index is 0.304. The fourth-order valence-electron chi connectivity index (χ4n) is 2.51. The van der Waals surface area contributed by atoms with Crippen molar-refractivity contribution in [3.63, 3.8) is 0 Å². The Morgan fingerprint density at radius 3 is 2.62 bits per heavy atom. The van der Waals surface area contributed by atoms with Crippen molar-refractivity contribution in [2.24, 2.45) is 4.99 Å². The SMILES string of the molecule is COc1ccc(C)cc1N=c1c([N+](=O)[O-])nn(-c2ccccc2C)n1O. The van der Waals surface area contributed by atoms with Gasteiger partial charge < -0.3 is 20.1 Å². The van der Waals surface area contributed by atoms with Gasteiger partial charge in [0.2, 0.25) is 0 Å². The molecule has 0 aliphatic rings. The number of hydrogen-bond donors (Lipinski definition) is 1. The van der Waals surface area contributed by atoms with Gasteiger partial charge in [0.15, 0.2) is 0 Å². The molecule has 0 radical (unpaired) electrons. The molecule has 9 heteroatoms. The minimum Gasteiger partial charge on any atom is -0.494 e. The summed E-state index contributed by atoms with van der Waals surface area (Å²) >= 11 is 0. The molecule has 0 aliphatic heterocycles. The van der Waals surface area contributed by atoms with E-state index in [-0.39, 0.29) is 5.49 Å². The molecule has 0 unspecified atom stereocenters. The van der Waals surface area contributed by atoms with Crippen LogP contribution in [-0.2, 0) is 0 Å². The molecular weight excluding hydrogens is 338 g/mol. The van der Waals surface area contributed by atoms with Crippen LogP contribution in [0.4, 0.5) is 11.5 Å². The van der Waals surface area contributed by atoms with Gasteiger partial charge in [0.25, 0.3) is 5.49 Å². The van der Waals surface area contributed by atoms with E-state index < -0.39 is 10.7 Å². The average Bonchev–Trinajstić information content (AvgIpc) is 2.93. The molecule has 1 N–H and O–H groups in total. The van der Waals surface area contributed by atoms with E-state index in [1.807, 2.05) is 32.0 Å². The summed E-state index contributed by atoms with van der Waals surface area (Å²) in [5, 5.41) is 25.8. The third-order valence-electron chi connectivity index (χ3n) is 3.82. The van der Waals surface area contributed by atoms with Gasteiger partial charge in [-0.05, 0) is 52.9 Å². The van der Waals surface area contributed by atoms with Gasteiger partial charge in [-0.25, -0.2) is 4.99 Å². The van der Waals surface area contributed by atoms with Crippen molar-refractivity contribution in [1.29, 1.82) is 0 Å². The van der Waals surface area contributed by atoms with Crippen LogP contribution in [0.15, 0.2) is 47.5 Å². The molecular formula is C17H17N5O4. The molecule has 2 aromatic carbocycles. The fraction of sp³-hybridized carbons (Fsp3) is 0.176. The van der Waals surface area contributed by atoms with Gasteiger partial charge in [-0.15, -0.1) is 0 Å². The van der Waals surface area contributed by atoms with Crippen LogP contribution in [0.5, 0.6) is 5.75 Å². The number of nitrogens with zero attached hydrogens (tertiary/aromatic N) is 5. The van der Waals surface area contributed by atoms with E-state index in [0.717, 1.165) is 15.9 Å². The first-order valence-corrected chi connectivity index (χ1v) is 7.73. The normalized spacial score (nSPS) is 11.6. The standard InChI is InChI=1S/C17H17N5O4/c1-11-8-9-15(26-3)13(10-11)18-16-17(22(24)25)19-20(21(16)23)14-7-5-4-6-12(14)2/h4-10,23H,1-3H3. The van der Waals surface area contributed by atoms with Crippen LogP contribution in [0.2, 0.25) is 0 Å². The molecule has 26 heavy (non-hydrogen) atoms. The van der Waals surface area contributed by atoms with E-state index in [1.54, 1.807) is 24.3 Å². The van der Waals surface area contributed by atoms with Crippen LogP contribution in [0, 0.1) is 24.0 Å². The zero-order valence-electron chi connectivity index (χ0n) is 14.4. The predicted octanol–water partition coefficient (Wildman–Crippen LogP) is 2.68. The second kappa shape index (κ2) is 6.71. The van der Waals surface area contributed by atoms with Crippen LogP contribution >= 0.6 is 0 Å². The number of aromatic nitrogens is 3. The highest BCUT2D eigenvalue weighted by molar-refractivity contribution is 5.53. The number of rotatable bonds is 4. The van der Waals surface area contributed by atoms with E-state index in [2.05, 4.69) is 10.1 Å². The minimum atomic E-state index is -0.692. The van der Waals surface area contributed by atoms with Gasteiger partial charge in [0.1, 0.15) is 17.1 Å².